The molecule has 2 aromatic carbocycles. The number of nitrogen functional groups attached to an aromatic ring is 1. The van der Waals surface area contributed by atoms with Gasteiger partial charge in [-0.15, -0.1) is 0 Å². The van der Waals surface area contributed by atoms with Crippen LogP contribution in [0, 0.1) is 0 Å². The topological polar surface area (TPSA) is 80.9 Å². The summed E-state index contributed by atoms with van der Waals surface area (Å²) in [6.07, 6.45) is 2.91. The highest BCUT2D eigenvalue weighted by atomic mass is 16.2. The molecule has 3 rings (SSSR count). The van der Waals surface area contributed by atoms with Gasteiger partial charge >= 0.3 is 0 Å². The lowest BCUT2D eigenvalue weighted by Gasteiger charge is -2.15. The van der Waals surface area contributed by atoms with Crippen molar-refractivity contribution in [2.24, 2.45) is 0 Å². The van der Waals surface area contributed by atoms with Crippen LogP contribution in [0.2, 0.25) is 0 Å². The van der Waals surface area contributed by atoms with E-state index in [1.807, 2.05) is 37.3 Å². The molecule has 1 amide bonds. The first kappa shape index (κ1) is 14.0. The van der Waals surface area contributed by atoms with E-state index in [-0.39, 0.29) is 23.5 Å². The van der Waals surface area contributed by atoms with E-state index >= 15 is 0 Å². The largest absolute Gasteiger partial charge is 0.382 e. The molecule has 5 nitrogen and oxygen atoms in total. The first-order chi connectivity index (χ1) is 10.6. The van der Waals surface area contributed by atoms with Crippen LogP contribution in [-0.4, -0.2) is 15.9 Å². The van der Waals surface area contributed by atoms with Gasteiger partial charge in [0.25, 0.3) is 5.91 Å². The quantitative estimate of drug-likeness (QED) is 0.777. The van der Waals surface area contributed by atoms with Gasteiger partial charge in [0.05, 0.1) is 6.04 Å². The number of hydrogen-bond donors (Lipinski definition) is 2. The molecule has 0 spiro atoms. The number of rotatable bonds is 3. The van der Waals surface area contributed by atoms with E-state index in [4.69, 9.17) is 5.73 Å². The predicted octanol–water partition coefficient (Wildman–Crippen LogP) is 2.70. The average molecular weight is 292 g/mol. The van der Waals surface area contributed by atoms with E-state index in [0.29, 0.717) is 0 Å². The Bertz CT molecular complexity index is 832. The van der Waals surface area contributed by atoms with Gasteiger partial charge in [-0.3, -0.25) is 4.79 Å². The first-order valence-corrected chi connectivity index (χ1v) is 7.01. The Morgan fingerprint density at radius 3 is 2.59 bits per heavy atom. The van der Waals surface area contributed by atoms with E-state index in [1.54, 1.807) is 0 Å². The number of fused-ring (bicyclic) bond motifs is 1. The van der Waals surface area contributed by atoms with Crippen LogP contribution in [0.15, 0.2) is 54.9 Å². The van der Waals surface area contributed by atoms with Crippen LogP contribution in [0.3, 0.4) is 0 Å². The van der Waals surface area contributed by atoms with Gasteiger partial charge in [-0.2, -0.15) is 0 Å². The average Bonchev–Trinajstić information content (AvgIpc) is 2.54. The summed E-state index contributed by atoms with van der Waals surface area (Å²) in [6.45, 7) is 1.93. The van der Waals surface area contributed by atoms with Gasteiger partial charge in [0.2, 0.25) is 0 Å². The Balaban J connectivity index is 1.82. The number of amides is 1. The maximum Gasteiger partial charge on any atom is 0.274 e. The SMILES string of the molecule is C[C@H](NC(=O)c1nccnc1N)c1ccc2ccccc2c1. The summed E-state index contributed by atoms with van der Waals surface area (Å²) in [5.74, 6) is -0.197. The van der Waals surface area contributed by atoms with Crippen LogP contribution in [0.1, 0.15) is 29.0 Å². The third-order valence-corrected chi connectivity index (χ3v) is 3.56. The highest BCUT2D eigenvalue weighted by molar-refractivity contribution is 5.96. The van der Waals surface area contributed by atoms with Crippen molar-refractivity contribution in [2.75, 3.05) is 5.73 Å². The fourth-order valence-electron chi connectivity index (χ4n) is 2.35. The van der Waals surface area contributed by atoms with Crippen LogP contribution >= 0.6 is 0 Å². The van der Waals surface area contributed by atoms with Gasteiger partial charge in [-0.25, -0.2) is 9.97 Å². The second kappa shape index (κ2) is 5.81. The molecular weight excluding hydrogens is 276 g/mol. The molecule has 3 N–H and O–H groups in total. The van der Waals surface area contributed by atoms with Gasteiger partial charge in [0, 0.05) is 12.4 Å². The summed E-state index contributed by atoms with van der Waals surface area (Å²) in [6, 6.07) is 14.1. The van der Waals surface area contributed by atoms with Crippen molar-refractivity contribution in [3.8, 4) is 0 Å². The minimum atomic E-state index is -0.328. The summed E-state index contributed by atoms with van der Waals surface area (Å²) >= 11 is 0. The predicted molar refractivity (Wildman–Crippen MR) is 86.3 cm³/mol. The number of benzene rings is 2. The smallest absolute Gasteiger partial charge is 0.274 e. The van der Waals surface area contributed by atoms with Gasteiger partial charge in [-0.05, 0) is 29.3 Å². The number of aromatic nitrogens is 2. The van der Waals surface area contributed by atoms with Gasteiger partial charge in [-0.1, -0.05) is 36.4 Å². The molecule has 0 unspecified atom stereocenters. The number of hydrogen-bond acceptors (Lipinski definition) is 4. The van der Waals surface area contributed by atoms with Gasteiger partial charge < -0.3 is 11.1 Å². The number of nitrogens with two attached hydrogens (primary N) is 1. The van der Waals surface area contributed by atoms with E-state index in [1.165, 1.54) is 17.8 Å². The van der Waals surface area contributed by atoms with Crippen molar-refractivity contribution in [1.82, 2.24) is 15.3 Å². The summed E-state index contributed by atoms with van der Waals surface area (Å²) < 4.78 is 0. The Morgan fingerprint density at radius 2 is 1.82 bits per heavy atom. The molecule has 0 aliphatic heterocycles. The summed E-state index contributed by atoms with van der Waals surface area (Å²) in [4.78, 5) is 20.1. The van der Waals surface area contributed by atoms with Crippen LogP contribution in [0.25, 0.3) is 10.8 Å². The third-order valence-electron chi connectivity index (χ3n) is 3.56. The van der Waals surface area contributed by atoms with Crippen molar-refractivity contribution in [2.45, 2.75) is 13.0 Å². The molecule has 1 aromatic heterocycles. The Morgan fingerprint density at radius 1 is 1.09 bits per heavy atom. The normalized spacial score (nSPS) is 12.0. The molecule has 3 aromatic rings. The summed E-state index contributed by atoms with van der Waals surface area (Å²) in [5, 5.41) is 5.20. The fourth-order valence-corrected chi connectivity index (χ4v) is 2.35. The number of anilines is 1. The Hall–Kier alpha value is -2.95. The van der Waals surface area contributed by atoms with E-state index in [9.17, 15) is 4.79 Å². The molecule has 0 radical (unpaired) electrons. The van der Waals surface area contributed by atoms with Crippen molar-refractivity contribution in [3.05, 3.63) is 66.1 Å². The molecule has 110 valence electrons. The fraction of sp³-hybridized carbons (Fsp3) is 0.118. The molecular formula is C17H16N4O. The maximum absolute atomic E-state index is 12.2. The molecule has 0 aliphatic carbocycles. The first-order valence-electron chi connectivity index (χ1n) is 7.01. The second-order valence-electron chi connectivity index (χ2n) is 5.09. The number of nitrogens with zero attached hydrogens (tertiary/aromatic N) is 2. The zero-order valence-corrected chi connectivity index (χ0v) is 12.2. The highest BCUT2D eigenvalue weighted by Crippen LogP contribution is 2.20. The maximum atomic E-state index is 12.2. The molecule has 5 heteroatoms. The van der Waals surface area contributed by atoms with Crippen molar-refractivity contribution in [3.63, 3.8) is 0 Å². The van der Waals surface area contributed by atoms with Crippen molar-refractivity contribution < 1.29 is 4.79 Å². The summed E-state index contributed by atoms with van der Waals surface area (Å²) in [7, 11) is 0. The lowest BCUT2D eigenvalue weighted by Crippen LogP contribution is -2.28. The van der Waals surface area contributed by atoms with E-state index in [0.717, 1.165) is 10.9 Å². The molecule has 1 atom stereocenters. The zero-order chi connectivity index (χ0) is 15.5. The van der Waals surface area contributed by atoms with Crippen LogP contribution < -0.4 is 11.1 Å². The molecule has 0 saturated carbocycles. The molecule has 0 saturated heterocycles. The molecule has 0 fully saturated rings. The standard InChI is InChI=1S/C17H16N4O/c1-11(21-17(22)15-16(18)20-9-8-19-15)13-7-6-12-4-2-3-5-14(12)10-13/h2-11H,1H3,(H2,18,20)(H,21,22)/t11-/m0/s1. The summed E-state index contributed by atoms with van der Waals surface area (Å²) in [5.41, 5.74) is 6.85. The number of carbonyl (C=O) groups is 1. The van der Waals surface area contributed by atoms with Gasteiger partial charge in [0.15, 0.2) is 11.5 Å². The van der Waals surface area contributed by atoms with Crippen LogP contribution in [-0.2, 0) is 0 Å². The third kappa shape index (κ3) is 2.74. The lowest BCUT2D eigenvalue weighted by molar-refractivity contribution is 0.0935. The van der Waals surface area contributed by atoms with Crippen molar-refractivity contribution >= 4 is 22.5 Å². The molecule has 0 bridgehead atoms. The van der Waals surface area contributed by atoms with Crippen LogP contribution in [0.5, 0.6) is 0 Å². The van der Waals surface area contributed by atoms with Gasteiger partial charge in [0.1, 0.15) is 0 Å². The molecule has 1 heterocycles. The number of carbonyl (C=O) groups excluding carboxylic acids is 1. The van der Waals surface area contributed by atoms with E-state index in [2.05, 4.69) is 27.4 Å². The minimum absolute atomic E-state index is 0.130. The zero-order valence-electron chi connectivity index (χ0n) is 12.2. The minimum Gasteiger partial charge on any atom is -0.382 e. The van der Waals surface area contributed by atoms with Crippen molar-refractivity contribution in [1.29, 1.82) is 0 Å². The van der Waals surface area contributed by atoms with Crippen LogP contribution in [0.4, 0.5) is 5.82 Å². The van der Waals surface area contributed by atoms with E-state index < -0.39 is 0 Å². The monoisotopic (exact) mass is 292 g/mol. The molecule has 0 aliphatic rings. The second-order valence-corrected chi connectivity index (χ2v) is 5.09. The Labute approximate surface area is 128 Å². The Kier molecular flexibility index (Phi) is 3.70. The molecule has 22 heavy (non-hydrogen) atoms. The highest BCUT2D eigenvalue weighted by Gasteiger charge is 2.15. The number of nitrogens with one attached hydrogen (secondary N) is 1. The lowest BCUT2D eigenvalue weighted by atomic mass is 10.0.